The smallest absolute Gasteiger partial charge is 0.191 e. The van der Waals surface area contributed by atoms with Crippen LogP contribution in [-0.2, 0) is 19.4 Å². The summed E-state index contributed by atoms with van der Waals surface area (Å²) in [5.41, 5.74) is 1.17. The predicted molar refractivity (Wildman–Crippen MR) is 107 cm³/mol. The third-order valence-electron chi connectivity index (χ3n) is 4.75. The normalized spacial score (nSPS) is 16.7. The van der Waals surface area contributed by atoms with Gasteiger partial charge in [-0.15, -0.1) is 0 Å². The molecule has 1 aromatic carbocycles. The van der Waals surface area contributed by atoms with Crippen LogP contribution in [0, 0.1) is 6.92 Å². The van der Waals surface area contributed by atoms with E-state index >= 15 is 0 Å². The second kappa shape index (κ2) is 9.39. The molecule has 0 radical (unpaired) electrons. The minimum atomic E-state index is 0.318. The Bertz CT molecular complexity index is 770. The fourth-order valence-corrected chi connectivity index (χ4v) is 3.20. The molecule has 7 nitrogen and oxygen atoms in total. The summed E-state index contributed by atoms with van der Waals surface area (Å²) in [6.45, 7) is 6.48. The predicted octanol–water partition coefficient (Wildman–Crippen LogP) is 2.10. The molecule has 2 heterocycles. The molecule has 1 aliphatic rings. The Hall–Kier alpha value is -2.57. The van der Waals surface area contributed by atoms with Crippen LogP contribution in [-0.4, -0.2) is 47.0 Å². The summed E-state index contributed by atoms with van der Waals surface area (Å²) in [5.74, 6) is 3.82. The lowest BCUT2D eigenvalue weighted by molar-refractivity contribution is 0.309. The molecule has 1 atom stereocenters. The van der Waals surface area contributed by atoms with Crippen LogP contribution in [0.25, 0.3) is 0 Å². The van der Waals surface area contributed by atoms with Crippen molar-refractivity contribution >= 4 is 5.96 Å². The van der Waals surface area contributed by atoms with Gasteiger partial charge in [0.1, 0.15) is 11.6 Å². The highest BCUT2D eigenvalue weighted by Gasteiger charge is 2.21. The number of ether oxygens (including phenoxy) is 1. The Labute approximate surface area is 161 Å². The zero-order valence-corrected chi connectivity index (χ0v) is 16.5. The minimum Gasteiger partial charge on any atom is -0.493 e. The molecule has 0 fully saturated rings. The molecule has 1 aromatic heterocycles. The van der Waals surface area contributed by atoms with Crippen molar-refractivity contribution in [3.05, 3.63) is 41.5 Å². The summed E-state index contributed by atoms with van der Waals surface area (Å²) >= 11 is 0. The Morgan fingerprint density at radius 1 is 1.37 bits per heavy atom. The molecule has 1 unspecified atom stereocenters. The molecule has 7 heteroatoms. The number of benzene rings is 1. The number of hydrogen-bond donors (Lipinski definition) is 2. The van der Waals surface area contributed by atoms with E-state index in [2.05, 4.69) is 45.6 Å². The molecule has 0 bridgehead atoms. The number of aliphatic imine (C=N–C) groups is 1. The maximum atomic E-state index is 5.84. The van der Waals surface area contributed by atoms with Crippen LogP contribution in [0.4, 0.5) is 0 Å². The van der Waals surface area contributed by atoms with E-state index < -0.39 is 0 Å². The number of hydrogen-bond acceptors (Lipinski definition) is 4. The van der Waals surface area contributed by atoms with Gasteiger partial charge in [0.05, 0.1) is 13.2 Å². The van der Waals surface area contributed by atoms with Gasteiger partial charge in [0.2, 0.25) is 0 Å². The van der Waals surface area contributed by atoms with Crippen LogP contribution in [0.2, 0.25) is 0 Å². The monoisotopic (exact) mass is 370 g/mol. The molecule has 0 amide bonds. The third kappa shape index (κ3) is 5.21. The molecule has 0 aliphatic carbocycles. The van der Waals surface area contributed by atoms with Crippen molar-refractivity contribution in [2.75, 3.05) is 20.2 Å². The van der Waals surface area contributed by atoms with E-state index in [-0.39, 0.29) is 0 Å². The number of fused-ring (bicyclic) bond motifs is 1. The quantitative estimate of drug-likeness (QED) is 0.443. The van der Waals surface area contributed by atoms with E-state index in [1.807, 2.05) is 22.9 Å². The molecule has 146 valence electrons. The van der Waals surface area contributed by atoms with Gasteiger partial charge in [0, 0.05) is 32.5 Å². The average Bonchev–Trinajstić information content (AvgIpc) is 3.10. The van der Waals surface area contributed by atoms with Crippen LogP contribution in [0.1, 0.15) is 37.0 Å². The molecule has 0 spiro atoms. The van der Waals surface area contributed by atoms with Gasteiger partial charge in [-0.05, 0) is 31.4 Å². The molecule has 2 N–H and O–H groups in total. The molecule has 0 saturated carbocycles. The summed E-state index contributed by atoms with van der Waals surface area (Å²) in [7, 11) is 1.80. The van der Waals surface area contributed by atoms with Crippen molar-refractivity contribution in [2.45, 2.75) is 52.1 Å². The number of guanidine groups is 1. The highest BCUT2D eigenvalue weighted by Crippen LogP contribution is 2.16. The fourth-order valence-electron chi connectivity index (χ4n) is 3.20. The number of aromatic nitrogens is 3. The SMILES string of the molecule is CCc1nc2n(n1)CC(NC(=NC)NCCCOc1ccccc1C)CC2. The lowest BCUT2D eigenvalue weighted by Gasteiger charge is -2.25. The van der Waals surface area contributed by atoms with Crippen molar-refractivity contribution in [3.8, 4) is 5.75 Å². The number of para-hydroxylation sites is 1. The van der Waals surface area contributed by atoms with Gasteiger partial charge in [-0.2, -0.15) is 5.10 Å². The first kappa shape index (κ1) is 19.2. The van der Waals surface area contributed by atoms with Crippen LogP contribution in [0.15, 0.2) is 29.3 Å². The second-order valence-electron chi connectivity index (χ2n) is 6.83. The number of nitrogens with zero attached hydrogens (tertiary/aromatic N) is 4. The van der Waals surface area contributed by atoms with Crippen LogP contribution >= 0.6 is 0 Å². The number of rotatable bonds is 7. The summed E-state index contributed by atoms with van der Waals surface area (Å²) in [6.07, 6.45) is 3.78. The second-order valence-corrected chi connectivity index (χ2v) is 6.83. The summed E-state index contributed by atoms with van der Waals surface area (Å²) in [5, 5.41) is 11.4. The van der Waals surface area contributed by atoms with Crippen molar-refractivity contribution in [1.82, 2.24) is 25.4 Å². The number of aryl methyl sites for hydroxylation is 3. The largest absolute Gasteiger partial charge is 0.493 e. The third-order valence-corrected chi connectivity index (χ3v) is 4.75. The highest BCUT2D eigenvalue weighted by atomic mass is 16.5. The van der Waals surface area contributed by atoms with E-state index in [1.165, 1.54) is 5.56 Å². The lowest BCUT2D eigenvalue weighted by atomic mass is 10.1. The molecule has 0 saturated heterocycles. The molecule has 2 aromatic rings. The van der Waals surface area contributed by atoms with Gasteiger partial charge in [0.25, 0.3) is 0 Å². The maximum Gasteiger partial charge on any atom is 0.191 e. The van der Waals surface area contributed by atoms with Crippen molar-refractivity contribution in [3.63, 3.8) is 0 Å². The molecule has 27 heavy (non-hydrogen) atoms. The van der Waals surface area contributed by atoms with Gasteiger partial charge in [0.15, 0.2) is 11.8 Å². The van der Waals surface area contributed by atoms with Crippen LogP contribution in [0.3, 0.4) is 0 Å². The zero-order chi connectivity index (χ0) is 19.1. The fraction of sp³-hybridized carbons (Fsp3) is 0.550. The maximum absolute atomic E-state index is 5.84. The van der Waals surface area contributed by atoms with Gasteiger partial charge in [-0.3, -0.25) is 4.99 Å². The summed E-state index contributed by atoms with van der Waals surface area (Å²) < 4.78 is 7.87. The highest BCUT2D eigenvalue weighted by molar-refractivity contribution is 5.79. The van der Waals surface area contributed by atoms with Crippen LogP contribution in [0.5, 0.6) is 5.75 Å². The topological polar surface area (TPSA) is 76.4 Å². The Balaban J connectivity index is 1.39. The van der Waals surface area contributed by atoms with E-state index in [9.17, 15) is 0 Å². The first-order valence-corrected chi connectivity index (χ1v) is 9.77. The summed E-state index contributed by atoms with van der Waals surface area (Å²) in [6, 6.07) is 8.41. The lowest BCUT2D eigenvalue weighted by Crippen LogP contribution is -2.47. The Morgan fingerprint density at radius 2 is 2.22 bits per heavy atom. The molecule has 3 rings (SSSR count). The number of nitrogens with one attached hydrogen (secondary N) is 2. The standard InChI is InChI=1S/C20H30N6O/c1-4-18-24-19-11-10-16(14-26(19)25-18)23-20(21-3)22-12-7-13-27-17-9-6-5-8-15(17)2/h5-6,8-9,16H,4,7,10-14H2,1-3H3,(H2,21,22,23). The van der Waals surface area contributed by atoms with E-state index in [1.54, 1.807) is 7.05 Å². The van der Waals surface area contributed by atoms with Gasteiger partial charge < -0.3 is 15.4 Å². The first-order valence-electron chi connectivity index (χ1n) is 9.77. The van der Waals surface area contributed by atoms with E-state index in [4.69, 9.17) is 4.74 Å². The Morgan fingerprint density at radius 3 is 3.00 bits per heavy atom. The zero-order valence-electron chi connectivity index (χ0n) is 16.5. The first-order chi connectivity index (χ1) is 13.2. The molecular formula is C20H30N6O. The van der Waals surface area contributed by atoms with Crippen LogP contribution < -0.4 is 15.4 Å². The molecular weight excluding hydrogens is 340 g/mol. The summed E-state index contributed by atoms with van der Waals surface area (Å²) in [4.78, 5) is 8.91. The van der Waals surface area contributed by atoms with Crippen molar-refractivity contribution in [1.29, 1.82) is 0 Å². The van der Waals surface area contributed by atoms with Crippen molar-refractivity contribution in [2.24, 2.45) is 4.99 Å². The van der Waals surface area contributed by atoms with Gasteiger partial charge in [-0.1, -0.05) is 25.1 Å². The van der Waals surface area contributed by atoms with Gasteiger partial charge in [-0.25, -0.2) is 9.67 Å². The van der Waals surface area contributed by atoms with Gasteiger partial charge >= 0.3 is 0 Å². The Kier molecular flexibility index (Phi) is 6.68. The van der Waals surface area contributed by atoms with E-state index in [0.717, 1.165) is 62.1 Å². The van der Waals surface area contributed by atoms with E-state index in [0.29, 0.717) is 12.6 Å². The van der Waals surface area contributed by atoms with Crippen molar-refractivity contribution < 1.29 is 4.74 Å². The molecule has 1 aliphatic heterocycles. The average molecular weight is 371 g/mol. The minimum absolute atomic E-state index is 0.318.